The second-order valence-electron chi connectivity index (χ2n) is 7.53. The van der Waals surface area contributed by atoms with E-state index in [0.29, 0.717) is 42.6 Å². The number of benzene rings is 1. The molecule has 30 heavy (non-hydrogen) atoms. The molecule has 8 nitrogen and oxygen atoms in total. The monoisotopic (exact) mass is 430 g/mol. The van der Waals surface area contributed by atoms with Crippen LogP contribution < -0.4 is 0 Å². The van der Waals surface area contributed by atoms with E-state index in [-0.39, 0.29) is 18.6 Å². The molecule has 1 aromatic carbocycles. The molecule has 0 aliphatic carbocycles. The summed E-state index contributed by atoms with van der Waals surface area (Å²) in [6, 6.07) is 5.13. The second-order valence-corrected chi connectivity index (χ2v) is 7.97. The van der Waals surface area contributed by atoms with E-state index in [2.05, 4.69) is 9.97 Å². The van der Waals surface area contributed by atoms with Crippen LogP contribution in [0, 0.1) is 0 Å². The van der Waals surface area contributed by atoms with E-state index in [1.54, 1.807) is 24.3 Å². The molecule has 0 unspecified atom stereocenters. The van der Waals surface area contributed by atoms with Gasteiger partial charge in [-0.05, 0) is 54.2 Å². The predicted octanol–water partition coefficient (Wildman–Crippen LogP) is 3.29. The van der Waals surface area contributed by atoms with E-state index in [4.69, 9.17) is 16.3 Å². The van der Waals surface area contributed by atoms with Crippen LogP contribution in [0.1, 0.15) is 51.9 Å². The van der Waals surface area contributed by atoms with Crippen LogP contribution in [-0.2, 0) is 24.3 Å². The third kappa shape index (κ3) is 3.97. The Morgan fingerprint density at radius 2 is 2.17 bits per heavy atom. The second kappa shape index (κ2) is 8.57. The maximum absolute atomic E-state index is 13.1. The minimum absolute atomic E-state index is 0.178. The Morgan fingerprint density at radius 3 is 2.93 bits per heavy atom. The minimum Gasteiger partial charge on any atom is -0.465 e. The summed E-state index contributed by atoms with van der Waals surface area (Å²) in [6.07, 6.45) is 2.84. The fourth-order valence-corrected chi connectivity index (χ4v) is 4.58. The summed E-state index contributed by atoms with van der Waals surface area (Å²) in [5.41, 5.74) is 3.28. The predicted molar refractivity (Wildman–Crippen MR) is 109 cm³/mol. The van der Waals surface area contributed by atoms with Crippen LogP contribution in [0.3, 0.4) is 0 Å². The third-order valence-electron chi connectivity index (χ3n) is 5.68. The van der Waals surface area contributed by atoms with E-state index in [0.717, 1.165) is 29.5 Å². The number of rotatable bonds is 4. The summed E-state index contributed by atoms with van der Waals surface area (Å²) in [5, 5.41) is 10.2. The Kier molecular flexibility index (Phi) is 5.87. The van der Waals surface area contributed by atoms with Gasteiger partial charge < -0.3 is 19.6 Å². The number of ether oxygens (including phenoxy) is 1. The Morgan fingerprint density at radius 1 is 1.33 bits per heavy atom. The van der Waals surface area contributed by atoms with Crippen molar-refractivity contribution >= 4 is 23.6 Å². The molecule has 3 heterocycles. The molecule has 158 valence electrons. The van der Waals surface area contributed by atoms with Gasteiger partial charge in [-0.3, -0.25) is 4.79 Å². The first kappa shape index (κ1) is 20.6. The smallest absolute Gasteiger partial charge is 0.407 e. The molecule has 0 bridgehead atoms. The van der Waals surface area contributed by atoms with Crippen LogP contribution in [-0.4, -0.2) is 57.1 Å². The minimum atomic E-state index is -0.929. The summed E-state index contributed by atoms with van der Waals surface area (Å²) in [5.74, 6) is 0.277. The summed E-state index contributed by atoms with van der Waals surface area (Å²) in [7, 11) is 1.55. The van der Waals surface area contributed by atoms with Gasteiger partial charge in [0.2, 0.25) is 0 Å². The largest absolute Gasteiger partial charge is 0.465 e. The maximum atomic E-state index is 13.1. The van der Waals surface area contributed by atoms with E-state index in [9.17, 15) is 14.7 Å². The first-order valence-corrected chi connectivity index (χ1v) is 10.3. The SMILES string of the molecule is COCc1nccc(C(=O)N2CCc3cc(Cl)cc([C@@H]4CCCN4C(=O)O)c3C2)n1. The first-order chi connectivity index (χ1) is 14.5. The highest BCUT2D eigenvalue weighted by Crippen LogP contribution is 2.38. The van der Waals surface area contributed by atoms with Crippen LogP contribution in [0.4, 0.5) is 4.79 Å². The lowest BCUT2D eigenvalue weighted by Crippen LogP contribution is -2.38. The van der Waals surface area contributed by atoms with Gasteiger partial charge in [-0.2, -0.15) is 0 Å². The zero-order valence-electron chi connectivity index (χ0n) is 16.7. The average molecular weight is 431 g/mol. The van der Waals surface area contributed by atoms with Gasteiger partial charge in [-0.1, -0.05) is 11.6 Å². The van der Waals surface area contributed by atoms with Crippen molar-refractivity contribution in [2.45, 2.75) is 38.5 Å². The number of halogens is 1. The zero-order valence-corrected chi connectivity index (χ0v) is 17.4. The highest BCUT2D eigenvalue weighted by Gasteiger charge is 2.34. The highest BCUT2D eigenvalue weighted by atomic mass is 35.5. The summed E-state index contributed by atoms with van der Waals surface area (Å²) in [4.78, 5) is 36.4. The molecule has 0 saturated carbocycles. The summed E-state index contributed by atoms with van der Waals surface area (Å²) in [6.45, 7) is 1.68. The molecule has 0 spiro atoms. The molecule has 2 aliphatic rings. The Balaban J connectivity index is 1.64. The van der Waals surface area contributed by atoms with Crippen molar-refractivity contribution in [3.63, 3.8) is 0 Å². The number of amides is 2. The number of carboxylic acid groups (broad SMARTS) is 1. The number of carbonyl (C=O) groups excluding carboxylic acids is 1. The number of methoxy groups -OCH3 is 1. The molecule has 4 rings (SSSR count). The van der Waals surface area contributed by atoms with Gasteiger partial charge in [0.05, 0.1) is 6.04 Å². The lowest BCUT2D eigenvalue weighted by atomic mass is 9.90. The van der Waals surface area contributed by atoms with Crippen LogP contribution in [0.25, 0.3) is 0 Å². The normalized spacial score (nSPS) is 18.4. The fraction of sp³-hybridized carbons (Fsp3) is 0.429. The van der Waals surface area contributed by atoms with E-state index in [1.165, 1.54) is 4.90 Å². The zero-order chi connectivity index (χ0) is 21.3. The van der Waals surface area contributed by atoms with Crippen molar-refractivity contribution in [2.75, 3.05) is 20.2 Å². The van der Waals surface area contributed by atoms with Crippen molar-refractivity contribution in [3.05, 3.63) is 57.6 Å². The van der Waals surface area contributed by atoms with Crippen molar-refractivity contribution in [1.29, 1.82) is 0 Å². The van der Waals surface area contributed by atoms with Crippen molar-refractivity contribution in [3.8, 4) is 0 Å². The number of likely N-dealkylation sites (tertiary alicyclic amines) is 1. The van der Waals surface area contributed by atoms with Gasteiger partial charge in [0.1, 0.15) is 12.3 Å². The van der Waals surface area contributed by atoms with Gasteiger partial charge in [-0.25, -0.2) is 14.8 Å². The standard InChI is InChI=1S/C21H23ClN4O4/c1-30-12-19-23-6-4-17(24-19)20(27)25-8-5-13-9-14(22)10-15(16(13)11-25)18-3-2-7-26(18)21(28)29/h4,6,9-10,18H,2-3,5,7-8,11-12H2,1H3,(H,28,29)/t18-/m0/s1. The lowest BCUT2D eigenvalue weighted by molar-refractivity contribution is 0.0725. The molecule has 1 N–H and O–H groups in total. The van der Waals surface area contributed by atoms with Crippen LogP contribution in [0.2, 0.25) is 5.02 Å². The quantitative estimate of drug-likeness (QED) is 0.799. The molecular formula is C21H23ClN4O4. The van der Waals surface area contributed by atoms with Gasteiger partial charge in [-0.15, -0.1) is 0 Å². The number of aromatic nitrogens is 2. The molecule has 1 saturated heterocycles. The number of fused-ring (bicyclic) bond motifs is 1. The van der Waals surface area contributed by atoms with Crippen molar-refractivity contribution < 1.29 is 19.4 Å². The molecule has 1 aromatic heterocycles. The van der Waals surface area contributed by atoms with Gasteiger partial charge in [0.15, 0.2) is 5.82 Å². The third-order valence-corrected chi connectivity index (χ3v) is 5.90. The Bertz CT molecular complexity index is 983. The van der Waals surface area contributed by atoms with Gasteiger partial charge in [0, 0.05) is 38.0 Å². The van der Waals surface area contributed by atoms with Crippen molar-refractivity contribution in [2.24, 2.45) is 0 Å². The van der Waals surface area contributed by atoms with Crippen molar-refractivity contribution in [1.82, 2.24) is 19.8 Å². The molecule has 1 fully saturated rings. The van der Waals surface area contributed by atoms with E-state index >= 15 is 0 Å². The number of hydrogen-bond donors (Lipinski definition) is 1. The molecule has 1 atom stereocenters. The van der Waals surface area contributed by atoms with Crippen LogP contribution >= 0.6 is 11.6 Å². The van der Waals surface area contributed by atoms with Gasteiger partial charge >= 0.3 is 6.09 Å². The maximum Gasteiger partial charge on any atom is 0.407 e. The van der Waals surface area contributed by atoms with E-state index < -0.39 is 6.09 Å². The highest BCUT2D eigenvalue weighted by molar-refractivity contribution is 6.30. The Labute approximate surface area is 179 Å². The molecule has 9 heteroatoms. The topological polar surface area (TPSA) is 95.9 Å². The molecule has 2 aromatic rings. The number of carbonyl (C=O) groups is 2. The Hall–Kier alpha value is -2.71. The number of nitrogens with zero attached hydrogens (tertiary/aromatic N) is 4. The van der Waals surface area contributed by atoms with Crippen LogP contribution in [0.5, 0.6) is 0 Å². The average Bonchev–Trinajstić information content (AvgIpc) is 3.23. The lowest BCUT2D eigenvalue weighted by Gasteiger charge is -2.33. The fourth-order valence-electron chi connectivity index (χ4n) is 4.33. The summed E-state index contributed by atoms with van der Waals surface area (Å²) < 4.78 is 5.05. The first-order valence-electron chi connectivity index (χ1n) is 9.89. The van der Waals surface area contributed by atoms with E-state index in [1.807, 2.05) is 12.1 Å². The van der Waals surface area contributed by atoms with Crippen LogP contribution in [0.15, 0.2) is 24.4 Å². The number of hydrogen-bond acceptors (Lipinski definition) is 5. The molecule has 2 aliphatic heterocycles. The molecule has 2 amide bonds. The van der Waals surface area contributed by atoms with Gasteiger partial charge in [0.25, 0.3) is 5.91 Å². The molecule has 0 radical (unpaired) electrons. The molecular weight excluding hydrogens is 408 g/mol. The summed E-state index contributed by atoms with van der Waals surface area (Å²) >= 11 is 6.35.